The van der Waals surface area contributed by atoms with Crippen LogP contribution < -0.4 is 0 Å². The molecular formula is C18H13FN2OS. The van der Waals surface area contributed by atoms with Crippen molar-refractivity contribution in [1.29, 1.82) is 5.26 Å². The fourth-order valence-electron chi connectivity index (χ4n) is 2.63. The van der Waals surface area contributed by atoms with Crippen LogP contribution in [0.3, 0.4) is 0 Å². The molecule has 0 radical (unpaired) electrons. The molecule has 114 valence electrons. The third kappa shape index (κ3) is 2.47. The summed E-state index contributed by atoms with van der Waals surface area (Å²) in [6.45, 7) is 7.14. The van der Waals surface area contributed by atoms with Crippen LogP contribution in [0.15, 0.2) is 30.8 Å². The lowest BCUT2D eigenvalue weighted by Crippen LogP contribution is -1.90. The van der Waals surface area contributed by atoms with Crippen molar-refractivity contribution in [2.45, 2.75) is 13.8 Å². The Labute approximate surface area is 137 Å². The molecule has 5 heteroatoms. The van der Waals surface area contributed by atoms with Gasteiger partial charge in [-0.15, -0.1) is 11.3 Å². The maximum absolute atomic E-state index is 14.2. The normalized spacial score (nSPS) is 10.7. The number of aryl methyl sites for hydroxylation is 2. The number of benzene rings is 2. The molecule has 0 unspecified atom stereocenters. The molecule has 1 heterocycles. The number of rotatable bonds is 2. The fraction of sp³-hybridized carbons (Fsp3) is 0.111. The standard InChI is InChI=1S/C18H13FN2OS/c1-9-4-5-15(19)14-7-12(6-13(8-20)16(9)14)18-21-10(2)17(23-18)11(3)22/h4-7,22H,3H2,1-2H3. The largest absolute Gasteiger partial charge is 0.507 e. The van der Waals surface area contributed by atoms with E-state index < -0.39 is 0 Å². The van der Waals surface area contributed by atoms with Gasteiger partial charge in [-0.3, -0.25) is 0 Å². The molecule has 0 aliphatic rings. The van der Waals surface area contributed by atoms with Crippen molar-refractivity contribution < 1.29 is 9.50 Å². The summed E-state index contributed by atoms with van der Waals surface area (Å²) in [4.78, 5) is 4.99. The van der Waals surface area contributed by atoms with Crippen LogP contribution in [0.25, 0.3) is 27.1 Å². The molecule has 0 aliphatic heterocycles. The maximum Gasteiger partial charge on any atom is 0.131 e. The van der Waals surface area contributed by atoms with E-state index in [2.05, 4.69) is 17.6 Å². The number of aliphatic hydroxyl groups excluding tert-OH is 1. The molecule has 0 fully saturated rings. The van der Waals surface area contributed by atoms with Gasteiger partial charge >= 0.3 is 0 Å². The minimum atomic E-state index is -0.371. The first-order chi connectivity index (χ1) is 10.9. The van der Waals surface area contributed by atoms with Crippen molar-refractivity contribution in [2.24, 2.45) is 0 Å². The summed E-state index contributed by atoms with van der Waals surface area (Å²) in [5.74, 6) is -0.418. The van der Waals surface area contributed by atoms with Gasteiger partial charge in [-0.1, -0.05) is 12.6 Å². The molecule has 0 saturated heterocycles. The Bertz CT molecular complexity index is 998. The van der Waals surface area contributed by atoms with Crippen molar-refractivity contribution >= 4 is 27.9 Å². The molecule has 0 amide bonds. The second kappa shape index (κ2) is 5.49. The lowest BCUT2D eigenvalue weighted by molar-refractivity contribution is 0.515. The number of nitrogens with zero attached hydrogens (tertiary/aromatic N) is 2. The van der Waals surface area contributed by atoms with Crippen LogP contribution in [-0.2, 0) is 0 Å². The Morgan fingerprint density at radius 1 is 1.35 bits per heavy atom. The molecule has 3 nitrogen and oxygen atoms in total. The summed E-state index contributed by atoms with van der Waals surface area (Å²) in [6.07, 6.45) is 0. The summed E-state index contributed by atoms with van der Waals surface area (Å²) in [5.41, 5.74) is 2.57. The van der Waals surface area contributed by atoms with Gasteiger partial charge in [-0.25, -0.2) is 9.37 Å². The molecule has 0 spiro atoms. The molecule has 1 N–H and O–H groups in total. The number of thiazole rings is 1. The van der Waals surface area contributed by atoms with E-state index in [1.165, 1.54) is 17.4 Å². The fourth-order valence-corrected chi connectivity index (χ4v) is 3.55. The van der Waals surface area contributed by atoms with Gasteiger partial charge in [-0.05, 0) is 37.6 Å². The van der Waals surface area contributed by atoms with E-state index in [0.717, 1.165) is 5.56 Å². The third-order valence-corrected chi connectivity index (χ3v) is 4.95. The van der Waals surface area contributed by atoms with Crippen molar-refractivity contribution in [3.63, 3.8) is 0 Å². The van der Waals surface area contributed by atoms with Crippen LogP contribution in [0.4, 0.5) is 4.39 Å². The van der Waals surface area contributed by atoms with Crippen LogP contribution in [0.2, 0.25) is 0 Å². The van der Waals surface area contributed by atoms with Crippen molar-refractivity contribution in [2.75, 3.05) is 0 Å². The predicted molar refractivity (Wildman–Crippen MR) is 90.9 cm³/mol. The minimum Gasteiger partial charge on any atom is -0.507 e. The van der Waals surface area contributed by atoms with Gasteiger partial charge in [0.05, 0.1) is 22.2 Å². The number of hydrogen-bond acceptors (Lipinski definition) is 4. The molecular weight excluding hydrogens is 311 g/mol. The second-order valence-electron chi connectivity index (χ2n) is 5.30. The topological polar surface area (TPSA) is 56.9 Å². The summed E-state index contributed by atoms with van der Waals surface area (Å²) in [5, 5.41) is 20.6. The number of aliphatic hydroxyl groups is 1. The third-order valence-electron chi connectivity index (χ3n) is 3.70. The first kappa shape index (κ1) is 15.2. The number of hydrogen-bond donors (Lipinski definition) is 1. The van der Waals surface area contributed by atoms with Gasteiger partial charge in [0.2, 0.25) is 0 Å². The summed E-state index contributed by atoms with van der Waals surface area (Å²) >= 11 is 1.27. The lowest BCUT2D eigenvalue weighted by Gasteiger charge is -2.08. The van der Waals surface area contributed by atoms with E-state index in [4.69, 9.17) is 0 Å². The summed E-state index contributed by atoms with van der Waals surface area (Å²) in [7, 11) is 0. The minimum absolute atomic E-state index is 0.0467. The van der Waals surface area contributed by atoms with Crippen molar-refractivity contribution in [3.8, 4) is 16.6 Å². The molecule has 0 bridgehead atoms. The molecule has 2 aromatic carbocycles. The Hall–Kier alpha value is -2.71. The average Bonchev–Trinajstić information content (AvgIpc) is 2.92. The number of halogens is 1. The van der Waals surface area contributed by atoms with Crippen LogP contribution in [0, 0.1) is 31.0 Å². The zero-order valence-corrected chi connectivity index (χ0v) is 13.5. The molecule has 3 rings (SSSR count). The Kier molecular flexibility index (Phi) is 3.63. The van der Waals surface area contributed by atoms with E-state index in [-0.39, 0.29) is 11.6 Å². The highest BCUT2D eigenvalue weighted by Gasteiger charge is 2.15. The first-order valence-corrected chi connectivity index (χ1v) is 7.73. The van der Waals surface area contributed by atoms with E-state index in [1.54, 1.807) is 25.1 Å². The highest BCUT2D eigenvalue weighted by atomic mass is 32.1. The van der Waals surface area contributed by atoms with Crippen LogP contribution in [0.1, 0.15) is 21.7 Å². The Balaban J connectivity index is 2.32. The number of nitriles is 1. The van der Waals surface area contributed by atoms with Crippen LogP contribution >= 0.6 is 11.3 Å². The van der Waals surface area contributed by atoms with E-state index in [0.29, 0.717) is 37.5 Å². The van der Waals surface area contributed by atoms with Gasteiger partial charge in [0, 0.05) is 16.3 Å². The number of aromatic nitrogens is 1. The molecule has 1 aromatic heterocycles. The average molecular weight is 324 g/mol. The zero-order valence-electron chi connectivity index (χ0n) is 12.6. The van der Waals surface area contributed by atoms with Crippen molar-refractivity contribution in [1.82, 2.24) is 4.98 Å². The van der Waals surface area contributed by atoms with Crippen LogP contribution in [0.5, 0.6) is 0 Å². The van der Waals surface area contributed by atoms with Crippen LogP contribution in [-0.4, -0.2) is 10.1 Å². The smallest absolute Gasteiger partial charge is 0.131 e. The molecule has 23 heavy (non-hydrogen) atoms. The number of fused-ring (bicyclic) bond motifs is 1. The highest BCUT2D eigenvalue weighted by molar-refractivity contribution is 7.16. The Morgan fingerprint density at radius 2 is 2.09 bits per heavy atom. The maximum atomic E-state index is 14.2. The summed E-state index contributed by atoms with van der Waals surface area (Å²) in [6, 6.07) is 8.60. The van der Waals surface area contributed by atoms with Gasteiger partial charge in [0.1, 0.15) is 16.6 Å². The molecule has 0 saturated carbocycles. The van der Waals surface area contributed by atoms with Crippen molar-refractivity contribution in [3.05, 3.63) is 58.4 Å². The van der Waals surface area contributed by atoms with Gasteiger partial charge < -0.3 is 5.11 Å². The van der Waals surface area contributed by atoms with Gasteiger partial charge in [-0.2, -0.15) is 5.26 Å². The highest BCUT2D eigenvalue weighted by Crippen LogP contribution is 2.35. The van der Waals surface area contributed by atoms with Gasteiger partial charge in [0.25, 0.3) is 0 Å². The predicted octanol–water partition coefficient (Wildman–Crippen LogP) is 5.12. The summed E-state index contributed by atoms with van der Waals surface area (Å²) < 4.78 is 14.2. The van der Waals surface area contributed by atoms with E-state index in [1.807, 2.05) is 6.92 Å². The SMILES string of the molecule is C=C(O)c1sc(-c2cc(C#N)c3c(C)ccc(F)c3c2)nc1C. The molecule has 0 atom stereocenters. The van der Waals surface area contributed by atoms with Gasteiger partial charge in [0.15, 0.2) is 0 Å². The molecule has 3 aromatic rings. The van der Waals surface area contributed by atoms with E-state index >= 15 is 0 Å². The Morgan fingerprint density at radius 3 is 2.70 bits per heavy atom. The first-order valence-electron chi connectivity index (χ1n) is 6.91. The second-order valence-corrected chi connectivity index (χ2v) is 6.30. The molecule has 0 aliphatic carbocycles. The quantitative estimate of drug-likeness (QED) is 0.666. The zero-order chi connectivity index (χ0) is 16.7. The lowest BCUT2D eigenvalue weighted by atomic mass is 9.97. The monoisotopic (exact) mass is 324 g/mol. The van der Waals surface area contributed by atoms with E-state index in [9.17, 15) is 14.8 Å².